The fraction of sp³-hybridized carbons (Fsp3) is 0.263. The number of hydrogen-bond acceptors (Lipinski definition) is 4. The van der Waals surface area contributed by atoms with E-state index < -0.39 is 17.8 Å². The molecule has 0 radical (unpaired) electrons. The second kappa shape index (κ2) is 5.67. The lowest BCUT2D eigenvalue weighted by molar-refractivity contribution is -0.138. The van der Waals surface area contributed by atoms with Crippen LogP contribution in [0.4, 0.5) is 13.2 Å². The first kappa shape index (κ1) is 16.8. The van der Waals surface area contributed by atoms with Crippen LogP contribution in [0.5, 0.6) is 0 Å². The molecule has 3 aliphatic rings. The maximum absolute atomic E-state index is 13.5. The molecule has 1 unspecified atom stereocenters. The molecule has 1 fully saturated rings. The molecule has 0 aromatic heterocycles. The van der Waals surface area contributed by atoms with E-state index in [1.807, 2.05) is 37.2 Å². The number of rotatable bonds is 1. The van der Waals surface area contributed by atoms with E-state index in [-0.39, 0.29) is 12.1 Å². The van der Waals surface area contributed by atoms with Gasteiger partial charge in [0.15, 0.2) is 0 Å². The molecule has 0 bridgehead atoms. The van der Waals surface area contributed by atoms with Crippen LogP contribution >= 0.6 is 0 Å². The van der Waals surface area contributed by atoms with E-state index in [1.54, 1.807) is 17.0 Å². The van der Waals surface area contributed by atoms with Gasteiger partial charge in [0.2, 0.25) is 0 Å². The van der Waals surface area contributed by atoms with Gasteiger partial charge in [0, 0.05) is 24.5 Å². The van der Waals surface area contributed by atoms with Crippen LogP contribution in [0.15, 0.2) is 71.5 Å². The molecular formula is C19H18F3N3O. The van der Waals surface area contributed by atoms with Gasteiger partial charge in [-0.05, 0) is 36.8 Å². The van der Waals surface area contributed by atoms with Gasteiger partial charge in [-0.1, -0.05) is 18.2 Å². The van der Waals surface area contributed by atoms with E-state index in [0.717, 1.165) is 28.1 Å². The summed E-state index contributed by atoms with van der Waals surface area (Å²) < 4.78 is 40.5. The van der Waals surface area contributed by atoms with Crippen LogP contribution in [0.1, 0.15) is 24.1 Å². The van der Waals surface area contributed by atoms with Crippen molar-refractivity contribution in [3.8, 4) is 0 Å². The standard InChI is InChI=1S/C19H18F3N3O/c1-12-9-13-7-8-18-24(26)11-17(25(18)16(13)10-23(12)2)14-5-3-4-6-15(14)19(20,21)22/h3-10,17,26H,11H2,1-2H3. The Morgan fingerprint density at radius 1 is 1.15 bits per heavy atom. The largest absolute Gasteiger partial charge is 0.416 e. The lowest BCUT2D eigenvalue weighted by Gasteiger charge is -2.36. The van der Waals surface area contributed by atoms with Gasteiger partial charge in [-0.2, -0.15) is 13.2 Å². The first-order valence-corrected chi connectivity index (χ1v) is 8.24. The van der Waals surface area contributed by atoms with Gasteiger partial charge >= 0.3 is 6.18 Å². The second-order valence-electron chi connectivity index (χ2n) is 6.61. The molecule has 7 heteroatoms. The molecule has 1 atom stereocenters. The van der Waals surface area contributed by atoms with Crippen LogP contribution < -0.4 is 0 Å². The molecule has 1 saturated heterocycles. The summed E-state index contributed by atoms with van der Waals surface area (Å²) in [6, 6.07) is 4.91. The maximum Gasteiger partial charge on any atom is 0.416 e. The summed E-state index contributed by atoms with van der Waals surface area (Å²) in [5, 5.41) is 11.3. The van der Waals surface area contributed by atoms with E-state index >= 15 is 0 Å². The first-order valence-electron chi connectivity index (χ1n) is 8.24. The Bertz CT molecular complexity index is 882. The average Bonchev–Trinajstić information content (AvgIpc) is 2.92. The fourth-order valence-corrected chi connectivity index (χ4v) is 3.62. The van der Waals surface area contributed by atoms with Crippen molar-refractivity contribution in [2.24, 2.45) is 0 Å². The summed E-state index contributed by atoms with van der Waals surface area (Å²) in [6.45, 7) is 2.02. The van der Waals surface area contributed by atoms with Crippen LogP contribution in [0.3, 0.4) is 0 Å². The monoisotopic (exact) mass is 361 g/mol. The lowest BCUT2D eigenvalue weighted by Crippen LogP contribution is -2.30. The number of nitrogens with zero attached hydrogens (tertiary/aromatic N) is 3. The van der Waals surface area contributed by atoms with Crippen molar-refractivity contribution >= 4 is 0 Å². The van der Waals surface area contributed by atoms with E-state index in [0.29, 0.717) is 5.82 Å². The van der Waals surface area contributed by atoms with Crippen molar-refractivity contribution in [3.63, 3.8) is 0 Å². The zero-order valence-corrected chi connectivity index (χ0v) is 14.3. The SMILES string of the molecule is CC1=CC2=CC=C3N(O)CC(c4ccccc4C(F)(F)F)N3C2=CN1C. The number of hydrogen-bond donors (Lipinski definition) is 1. The molecule has 3 heterocycles. The van der Waals surface area contributed by atoms with E-state index in [9.17, 15) is 18.4 Å². The Labute approximate surface area is 149 Å². The van der Waals surface area contributed by atoms with E-state index in [2.05, 4.69) is 0 Å². The zero-order chi connectivity index (χ0) is 18.6. The molecule has 3 aliphatic heterocycles. The highest BCUT2D eigenvalue weighted by Gasteiger charge is 2.43. The van der Waals surface area contributed by atoms with Crippen LogP contribution in [-0.2, 0) is 6.18 Å². The molecule has 4 rings (SSSR count). The van der Waals surface area contributed by atoms with Gasteiger partial charge in [0.05, 0.1) is 23.8 Å². The molecule has 26 heavy (non-hydrogen) atoms. The van der Waals surface area contributed by atoms with Crippen molar-refractivity contribution in [2.75, 3.05) is 13.6 Å². The molecule has 0 spiro atoms. The van der Waals surface area contributed by atoms with E-state index in [1.165, 1.54) is 12.1 Å². The van der Waals surface area contributed by atoms with Gasteiger partial charge in [0.25, 0.3) is 0 Å². The van der Waals surface area contributed by atoms with Gasteiger partial charge in [0.1, 0.15) is 5.82 Å². The first-order chi connectivity index (χ1) is 12.3. The molecule has 0 amide bonds. The van der Waals surface area contributed by atoms with Crippen molar-refractivity contribution in [2.45, 2.75) is 19.1 Å². The van der Waals surface area contributed by atoms with Gasteiger partial charge in [-0.25, -0.2) is 5.06 Å². The third-order valence-corrected chi connectivity index (χ3v) is 5.00. The highest BCUT2D eigenvalue weighted by Crippen LogP contribution is 2.46. The van der Waals surface area contributed by atoms with Crippen LogP contribution in [0.25, 0.3) is 0 Å². The predicted octanol–water partition coefficient (Wildman–Crippen LogP) is 4.23. The average molecular weight is 361 g/mol. The Kier molecular flexibility index (Phi) is 3.66. The van der Waals surface area contributed by atoms with E-state index in [4.69, 9.17) is 0 Å². The summed E-state index contributed by atoms with van der Waals surface area (Å²) >= 11 is 0. The Balaban J connectivity index is 1.84. The summed E-state index contributed by atoms with van der Waals surface area (Å²) in [4.78, 5) is 3.70. The van der Waals surface area contributed by atoms with Crippen LogP contribution in [0, 0.1) is 0 Å². The summed E-state index contributed by atoms with van der Waals surface area (Å²) in [7, 11) is 1.89. The maximum atomic E-state index is 13.5. The Morgan fingerprint density at radius 2 is 1.88 bits per heavy atom. The minimum Gasteiger partial charge on any atom is -0.353 e. The normalized spacial score (nSPS) is 22.4. The van der Waals surface area contributed by atoms with Gasteiger partial charge < -0.3 is 9.80 Å². The minimum atomic E-state index is -4.45. The highest BCUT2D eigenvalue weighted by atomic mass is 19.4. The smallest absolute Gasteiger partial charge is 0.353 e. The number of alkyl halides is 3. The summed E-state index contributed by atoms with van der Waals surface area (Å²) in [5.41, 5.74) is 2.19. The Hall–Kier alpha value is -2.67. The third kappa shape index (κ3) is 2.50. The molecule has 0 saturated carbocycles. The fourth-order valence-electron chi connectivity index (χ4n) is 3.62. The van der Waals surface area contributed by atoms with Crippen molar-refractivity contribution in [1.29, 1.82) is 0 Å². The number of benzene rings is 1. The molecule has 1 aromatic rings. The molecule has 1 N–H and O–H groups in total. The number of allylic oxidation sites excluding steroid dienone is 4. The minimum absolute atomic E-state index is 0.0593. The van der Waals surface area contributed by atoms with Crippen LogP contribution in [0.2, 0.25) is 0 Å². The highest BCUT2D eigenvalue weighted by molar-refractivity contribution is 5.52. The zero-order valence-electron chi connectivity index (χ0n) is 14.3. The van der Waals surface area contributed by atoms with Gasteiger partial charge in [-0.15, -0.1) is 0 Å². The molecular weight excluding hydrogens is 343 g/mol. The molecule has 1 aromatic carbocycles. The number of hydroxylamine groups is 2. The number of fused-ring (bicyclic) bond motifs is 3. The second-order valence-corrected chi connectivity index (χ2v) is 6.61. The number of halogens is 3. The van der Waals surface area contributed by atoms with Crippen molar-refractivity contribution in [3.05, 3.63) is 82.6 Å². The summed E-state index contributed by atoms with van der Waals surface area (Å²) in [5.74, 6) is 0.475. The molecule has 4 nitrogen and oxygen atoms in total. The molecule has 0 aliphatic carbocycles. The van der Waals surface area contributed by atoms with Crippen LogP contribution in [-0.4, -0.2) is 33.7 Å². The third-order valence-electron chi connectivity index (χ3n) is 5.00. The lowest BCUT2D eigenvalue weighted by atomic mass is 9.96. The van der Waals surface area contributed by atoms with Crippen molar-refractivity contribution in [1.82, 2.24) is 14.9 Å². The topological polar surface area (TPSA) is 30.0 Å². The Morgan fingerprint density at radius 3 is 2.62 bits per heavy atom. The summed E-state index contributed by atoms with van der Waals surface area (Å²) in [6.07, 6.45) is 3.02. The predicted molar refractivity (Wildman–Crippen MR) is 90.3 cm³/mol. The van der Waals surface area contributed by atoms with Gasteiger partial charge in [-0.3, -0.25) is 5.21 Å². The quantitative estimate of drug-likeness (QED) is 0.811. The van der Waals surface area contributed by atoms with Crippen molar-refractivity contribution < 1.29 is 18.4 Å². The molecule has 136 valence electrons.